The Hall–Kier alpha value is -1.30. The summed E-state index contributed by atoms with van der Waals surface area (Å²) in [7, 11) is 1.75. The van der Waals surface area contributed by atoms with Crippen molar-refractivity contribution in [3.63, 3.8) is 0 Å². The van der Waals surface area contributed by atoms with Gasteiger partial charge in [0.25, 0.3) is 0 Å². The zero-order valence-electron chi connectivity index (χ0n) is 12.1. The highest BCUT2D eigenvalue weighted by Crippen LogP contribution is 2.19. The largest absolute Gasteiger partial charge is 0.479 e. The molecule has 1 saturated heterocycles. The number of hydrogen-bond acceptors (Lipinski definition) is 3. The van der Waals surface area contributed by atoms with Crippen molar-refractivity contribution in [2.75, 3.05) is 20.1 Å². The summed E-state index contributed by atoms with van der Waals surface area (Å²) in [5.41, 5.74) is 0.0460. The number of aliphatic carboxylic acids is 1. The lowest BCUT2D eigenvalue weighted by atomic mass is 9.96. The Labute approximate surface area is 114 Å². The SMILES string of the molecule is CN(CC(C)(C)C)C(=O)NCC1CCC(C(=O)O)O1. The van der Waals surface area contributed by atoms with Crippen LogP contribution in [0.15, 0.2) is 0 Å². The number of ether oxygens (including phenoxy) is 1. The maximum absolute atomic E-state index is 11.8. The lowest BCUT2D eigenvalue weighted by Gasteiger charge is -2.27. The molecule has 2 amide bonds. The molecule has 0 saturated carbocycles. The van der Waals surface area contributed by atoms with Crippen LogP contribution in [0.1, 0.15) is 33.6 Å². The quantitative estimate of drug-likeness (QED) is 0.808. The van der Waals surface area contributed by atoms with Gasteiger partial charge in [0.2, 0.25) is 0 Å². The molecule has 19 heavy (non-hydrogen) atoms. The normalized spacial score (nSPS) is 23.2. The summed E-state index contributed by atoms with van der Waals surface area (Å²) in [6, 6.07) is -0.155. The van der Waals surface area contributed by atoms with E-state index >= 15 is 0 Å². The lowest BCUT2D eigenvalue weighted by molar-refractivity contribution is -0.149. The Balaban J connectivity index is 2.29. The Morgan fingerprint density at radius 1 is 1.37 bits per heavy atom. The van der Waals surface area contributed by atoms with E-state index in [1.54, 1.807) is 11.9 Å². The number of hydrogen-bond donors (Lipinski definition) is 2. The fraction of sp³-hybridized carbons (Fsp3) is 0.846. The minimum Gasteiger partial charge on any atom is -0.479 e. The average Bonchev–Trinajstić information content (AvgIpc) is 2.72. The third-order valence-electron chi connectivity index (χ3n) is 2.92. The molecule has 1 heterocycles. The first-order chi connectivity index (χ1) is 8.69. The molecule has 0 spiro atoms. The Morgan fingerprint density at radius 3 is 2.47 bits per heavy atom. The maximum atomic E-state index is 11.8. The standard InChI is InChI=1S/C13H24N2O4/c1-13(2,3)8-15(4)12(18)14-7-9-5-6-10(19-9)11(16)17/h9-10H,5-8H2,1-4H3,(H,14,18)(H,16,17). The van der Waals surface area contributed by atoms with Gasteiger partial charge < -0.3 is 20.1 Å². The second-order valence-electron chi connectivity index (χ2n) is 6.27. The molecule has 1 rings (SSSR count). The maximum Gasteiger partial charge on any atom is 0.332 e. The molecule has 1 aliphatic rings. The van der Waals surface area contributed by atoms with Crippen molar-refractivity contribution in [3.05, 3.63) is 0 Å². The molecule has 2 N–H and O–H groups in total. The molecule has 2 unspecified atom stereocenters. The second-order valence-corrected chi connectivity index (χ2v) is 6.27. The number of nitrogens with zero attached hydrogens (tertiary/aromatic N) is 1. The van der Waals surface area contributed by atoms with Crippen LogP contribution in [0.5, 0.6) is 0 Å². The fourth-order valence-corrected chi connectivity index (χ4v) is 2.16. The number of carbonyl (C=O) groups is 2. The van der Waals surface area contributed by atoms with Gasteiger partial charge in [-0.15, -0.1) is 0 Å². The monoisotopic (exact) mass is 272 g/mol. The van der Waals surface area contributed by atoms with Crippen LogP contribution in [0, 0.1) is 5.41 Å². The van der Waals surface area contributed by atoms with Crippen LogP contribution >= 0.6 is 0 Å². The van der Waals surface area contributed by atoms with Gasteiger partial charge in [-0.3, -0.25) is 0 Å². The number of rotatable bonds is 4. The Kier molecular flexibility index (Phi) is 5.17. The summed E-state index contributed by atoms with van der Waals surface area (Å²) < 4.78 is 5.32. The van der Waals surface area contributed by atoms with Gasteiger partial charge in [-0.05, 0) is 18.3 Å². The van der Waals surface area contributed by atoms with Crippen molar-refractivity contribution in [1.29, 1.82) is 0 Å². The van der Waals surface area contributed by atoms with Crippen molar-refractivity contribution in [1.82, 2.24) is 10.2 Å². The smallest absolute Gasteiger partial charge is 0.332 e. The van der Waals surface area contributed by atoms with Crippen LogP contribution in [0.3, 0.4) is 0 Å². The summed E-state index contributed by atoms with van der Waals surface area (Å²) in [6.45, 7) is 7.20. The van der Waals surface area contributed by atoms with Gasteiger partial charge in [0.1, 0.15) is 0 Å². The average molecular weight is 272 g/mol. The van der Waals surface area contributed by atoms with Gasteiger partial charge >= 0.3 is 12.0 Å². The van der Waals surface area contributed by atoms with Gasteiger partial charge in [0, 0.05) is 20.1 Å². The van der Waals surface area contributed by atoms with E-state index in [-0.39, 0.29) is 17.6 Å². The molecule has 0 aromatic rings. The highest BCUT2D eigenvalue weighted by atomic mass is 16.5. The highest BCUT2D eigenvalue weighted by molar-refractivity contribution is 5.74. The Morgan fingerprint density at radius 2 is 2.00 bits per heavy atom. The molecule has 0 radical (unpaired) electrons. The molecular formula is C13H24N2O4. The molecule has 6 heteroatoms. The molecule has 6 nitrogen and oxygen atoms in total. The highest BCUT2D eigenvalue weighted by Gasteiger charge is 2.30. The molecular weight excluding hydrogens is 248 g/mol. The van der Waals surface area contributed by atoms with Gasteiger partial charge in [-0.25, -0.2) is 9.59 Å². The van der Waals surface area contributed by atoms with Crippen molar-refractivity contribution in [2.24, 2.45) is 5.41 Å². The van der Waals surface area contributed by atoms with Crippen LogP contribution in [0.2, 0.25) is 0 Å². The van der Waals surface area contributed by atoms with Crippen molar-refractivity contribution in [2.45, 2.75) is 45.8 Å². The van der Waals surface area contributed by atoms with Crippen molar-refractivity contribution < 1.29 is 19.4 Å². The van der Waals surface area contributed by atoms with Gasteiger partial charge in [0.05, 0.1) is 6.10 Å². The van der Waals surface area contributed by atoms with E-state index in [0.29, 0.717) is 25.9 Å². The molecule has 110 valence electrons. The van der Waals surface area contributed by atoms with Crippen LogP contribution in [0.25, 0.3) is 0 Å². The lowest BCUT2D eigenvalue weighted by Crippen LogP contribution is -2.44. The van der Waals surface area contributed by atoms with E-state index in [2.05, 4.69) is 26.1 Å². The third kappa shape index (κ3) is 5.46. The van der Waals surface area contributed by atoms with Crippen LogP contribution in [-0.2, 0) is 9.53 Å². The minimum absolute atomic E-state index is 0.0460. The summed E-state index contributed by atoms with van der Waals surface area (Å²) in [6.07, 6.45) is 0.246. The predicted octanol–water partition coefficient (Wildman–Crippen LogP) is 1.31. The molecule has 0 aromatic carbocycles. The summed E-state index contributed by atoms with van der Waals surface area (Å²) >= 11 is 0. The van der Waals surface area contributed by atoms with Crippen molar-refractivity contribution in [3.8, 4) is 0 Å². The topological polar surface area (TPSA) is 78.9 Å². The molecule has 1 aliphatic heterocycles. The molecule has 1 fully saturated rings. The summed E-state index contributed by atoms with van der Waals surface area (Å²) in [5.74, 6) is -0.932. The van der Waals surface area contributed by atoms with E-state index in [1.807, 2.05) is 0 Å². The van der Waals surface area contributed by atoms with E-state index in [4.69, 9.17) is 9.84 Å². The molecule has 2 atom stereocenters. The van der Waals surface area contributed by atoms with Crippen LogP contribution in [0.4, 0.5) is 4.79 Å². The molecule has 0 aliphatic carbocycles. The number of carboxylic acids is 1. The molecule has 0 aromatic heterocycles. The van der Waals surface area contributed by atoms with E-state index in [0.717, 1.165) is 0 Å². The summed E-state index contributed by atoms with van der Waals surface area (Å²) in [5, 5.41) is 11.6. The minimum atomic E-state index is -0.932. The zero-order chi connectivity index (χ0) is 14.6. The first-order valence-electron chi connectivity index (χ1n) is 6.56. The third-order valence-corrected chi connectivity index (χ3v) is 2.92. The zero-order valence-corrected chi connectivity index (χ0v) is 12.1. The summed E-state index contributed by atoms with van der Waals surface area (Å²) in [4.78, 5) is 24.2. The molecule has 0 bridgehead atoms. The predicted molar refractivity (Wildman–Crippen MR) is 71.0 cm³/mol. The van der Waals surface area contributed by atoms with Crippen LogP contribution in [-0.4, -0.2) is 54.4 Å². The van der Waals surface area contributed by atoms with Gasteiger partial charge in [0.15, 0.2) is 6.10 Å². The Bertz CT molecular complexity index is 338. The fourth-order valence-electron chi connectivity index (χ4n) is 2.16. The first-order valence-corrected chi connectivity index (χ1v) is 6.56. The number of nitrogens with one attached hydrogen (secondary N) is 1. The van der Waals surface area contributed by atoms with Gasteiger partial charge in [-0.2, -0.15) is 0 Å². The number of carboxylic acid groups (broad SMARTS) is 1. The number of amides is 2. The van der Waals surface area contributed by atoms with Crippen molar-refractivity contribution >= 4 is 12.0 Å². The first kappa shape index (κ1) is 15.8. The number of urea groups is 1. The second kappa shape index (κ2) is 6.23. The van der Waals surface area contributed by atoms with E-state index < -0.39 is 12.1 Å². The number of carbonyl (C=O) groups excluding carboxylic acids is 1. The van der Waals surface area contributed by atoms with E-state index in [1.165, 1.54) is 0 Å². The van der Waals surface area contributed by atoms with E-state index in [9.17, 15) is 9.59 Å². The van der Waals surface area contributed by atoms with Gasteiger partial charge in [-0.1, -0.05) is 20.8 Å². The van der Waals surface area contributed by atoms with Crippen LogP contribution < -0.4 is 5.32 Å².